The SMILES string of the molecule is C=Cc1ccc(N(c2ccc(C=C)cc2)c2cc(-c3ccc4c(c3)oc3c5ccccc5c5ccccc5c43)cc(N(c3cccc(-c4ccccc4C)c3C)c3cccc4c3sc3ccccc34)c2)cc1. The maximum atomic E-state index is 7.03. The third-order valence-electron chi connectivity index (χ3n) is 14.5. The van der Waals surface area contributed by atoms with Crippen LogP contribution in [0.5, 0.6) is 0 Å². The van der Waals surface area contributed by atoms with Gasteiger partial charge < -0.3 is 14.2 Å². The molecule has 0 amide bonds. The van der Waals surface area contributed by atoms with Crippen molar-refractivity contribution in [3.63, 3.8) is 0 Å². The van der Waals surface area contributed by atoms with E-state index in [2.05, 4.69) is 255 Å². The molecule has 4 heteroatoms. The summed E-state index contributed by atoms with van der Waals surface area (Å²) in [7, 11) is 0. The molecule has 0 radical (unpaired) electrons. The Balaban J connectivity index is 1.11. The fourth-order valence-electron chi connectivity index (χ4n) is 10.9. The average Bonchev–Trinajstić information content (AvgIpc) is 4.02. The predicted molar refractivity (Wildman–Crippen MR) is 312 cm³/mol. The Kier molecular flexibility index (Phi) is 10.5. The first-order valence-corrected chi connectivity index (χ1v) is 25.3. The summed E-state index contributed by atoms with van der Waals surface area (Å²) >= 11 is 1.85. The molecule has 0 aliphatic heterocycles. The molecular weight excluding hydrogens is 893 g/mol. The lowest BCUT2D eigenvalue weighted by atomic mass is 9.94. The van der Waals surface area contributed by atoms with Crippen molar-refractivity contribution >= 4 is 121 Å². The van der Waals surface area contributed by atoms with Gasteiger partial charge in [-0.15, -0.1) is 11.3 Å². The van der Waals surface area contributed by atoms with Gasteiger partial charge in [-0.1, -0.05) is 171 Å². The number of anilines is 6. The molecule has 0 atom stereocenters. The van der Waals surface area contributed by atoms with E-state index in [1.54, 1.807) is 0 Å². The lowest BCUT2D eigenvalue weighted by Gasteiger charge is -2.32. The Morgan fingerprint density at radius 1 is 0.417 bits per heavy atom. The number of nitrogens with zero attached hydrogens (tertiary/aromatic N) is 2. The van der Waals surface area contributed by atoms with Crippen LogP contribution in [-0.4, -0.2) is 0 Å². The Hall–Kier alpha value is -8.96. The summed E-state index contributed by atoms with van der Waals surface area (Å²) in [6.07, 6.45) is 3.79. The molecule has 2 aromatic heterocycles. The molecule has 3 nitrogen and oxygen atoms in total. The molecule has 0 spiro atoms. The minimum absolute atomic E-state index is 0.849. The maximum absolute atomic E-state index is 7.03. The fourth-order valence-corrected chi connectivity index (χ4v) is 12.1. The number of hydrogen-bond acceptors (Lipinski definition) is 4. The largest absolute Gasteiger partial charge is 0.455 e. The van der Waals surface area contributed by atoms with Crippen molar-refractivity contribution in [1.82, 2.24) is 0 Å². The first kappa shape index (κ1) is 43.1. The van der Waals surface area contributed by atoms with Crippen LogP contribution in [0.15, 0.2) is 236 Å². The summed E-state index contributed by atoms with van der Waals surface area (Å²) in [5.74, 6) is 0. The molecule has 0 saturated carbocycles. The zero-order valence-electron chi connectivity index (χ0n) is 40.1. The predicted octanol–water partition coefficient (Wildman–Crippen LogP) is 20.4. The summed E-state index contributed by atoms with van der Waals surface area (Å²) in [6.45, 7) is 12.6. The van der Waals surface area contributed by atoms with Crippen molar-refractivity contribution in [3.05, 3.63) is 254 Å². The summed E-state index contributed by atoms with van der Waals surface area (Å²) in [6, 6.07) is 79.4. The van der Waals surface area contributed by atoms with E-state index in [0.29, 0.717) is 0 Å². The lowest BCUT2D eigenvalue weighted by molar-refractivity contribution is 0.673. The normalized spacial score (nSPS) is 11.6. The molecule has 13 rings (SSSR count). The van der Waals surface area contributed by atoms with Gasteiger partial charge in [0, 0.05) is 60.1 Å². The van der Waals surface area contributed by atoms with Crippen LogP contribution >= 0.6 is 11.3 Å². The van der Waals surface area contributed by atoms with Crippen molar-refractivity contribution in [1.29, 1.82) is 0 Å². The number of aryl methyl sites for hydroxylation is 1. The Labute approximate surface area is 423 Å². The molecule has 2 heterocycles. The zero-order chi connectivity index (χ0) is 48.5. The van der Waals surface area contributed by atoms with Crippen LogP contribution < -0.4 is 9.80 Å². The molecule has 72 heavy (non-hydrogen) atoms. The van der Waals surface area contributed by atoms with Crippen LogP contribution in [0.1, 0.15) is 22.3 Å². The topological polar surface area (TPSA) is 19.6 Å². The smallest absolute Gasteiger partial charge is 0.143 e. The monoisotopic (exact) mass is 940 g/mol. The highest BCUT2D eigenvalue weighted by atomic mass is 32.1. The van der Waals surface area contributed by atoms with Gasteiger partial charge in [-0.3, -0.25) is 0 Å². The maximum Gasteiger partial charge on any atom is 0.143 e. The number of furan rings is 1. The highest BCUT2D eigenvalue weighted by Crippen LogP contribution is 2.50. The summed E-state index contributed by atoms with van der Waals surface area (Å²) in [5, 5.41) is 9.46. The van der Waals surface area contributed by atoms with Crippen molar-refractivity contribution in [2.45, 2.75) is 13.8 Å². The van der Waals surface area contributed by atoms with E-state index in [0.717, 1.165) is 83.7 Å². The van der Waals surface area contributed by atoms with Gasteiger partial charge in [0.1, 0.15) is 11.2 Å². The highest BCUT2D eigenvalue weighted by molar-refractivity contribution is 7.26. The molecule has 342 valence electrons. The first-order valence-electron chi connectivity index (χ1n) is 24.5. The van der Waals surface area contributed by atoms with Crippen molar-refractivity contribution in [3.8, 4) is 22.3 Å². The van der Waals surface area contributed by atoms with E-state index < -0.39 is 0 Å². The number of fused-ring (bicyclic) bond motifs is 11. The summed E-state index contributed by atoms with van der Waals surface area (Å²) in [4.78, 5) is 4.86. The lowest BCUT2D eigenvalue weighted by Crippen LogP contribution is -2.15. The quantitative estimate of drug-likeness (QED) is 0.127. The van der Waals surface area contributed by atoms with Crippen LogP contribution in [0.25, 0.3) is 98.1 Å². The van der Waals surface area contributed by atoms with E-state index in [1.807, 2.05) is 23.5 Å². The van der Waals surface area contributed by atoms with E-state index in [9.17, 15) is 0 Å². The summed E-state index contributed by atoms with van der Waals surface area (Å²) in [5.41, 5.74) is 17.1. The van der Waals surface area contributed by atoms with Crippen molar-refractivity contribution < 1.29 is 4.42 Å². The zero-order valence-corrected chi connectivity index (χ0v) is 40.9. The van der Waals surface area contributed by atoms with Gasteiger partial charge in [0.15, 0.2) is 0 Å². The second-order valence-corrected chi connectivity index (χ2v) is 19.7. The third-order valence-corrected chi connectivity index (χ3v) is 15.7. The molecular formula is C68H48N2OS. The van der Waals surface area contributed by atoms with Crippen molar-refractivity contribution in [2.75, 3.05) is 9.80 Å². The van der Waals surface area contributed by atoms with E-state index in [4.69, 9.17) is 4.42 Å². The van der Waals surface area contributed by atoms with Gasteiger partial charge in [0.25, 0.3) is 0 Å². The minimum atomic E-state index is 0.849. The molecule has 0 aliphatic carbocycles. The second kappa shape index (κ2) is 17.5. The minimum Gasteiger partial charge on any atom is -0.455 e. The van der Waals surface area contributed by atoms with Crippen LogP contribution in [-0.2, 0) is 0 Å². The molecule has 0 fully saturated rings. The van der Waals surface area contributed by atoms with Gasteiger partial charge >= 0.3 is 0 Å². The average molecular weight is 941 g/mol. The molecule has 0 bridgehead atoms. The van der Waals surface area contributed by atoms with Crippen LogP contribution in [0.4, 0.5) is 34.1 Å². The van der Waals surface area contributed by atoms with Crippen LogP contribution in [0.3, 0.4) is 0 Å². The first-order chi connectivity index (χ1) is 35.4. The Bertz CT molecular complexity index is 4240. The fraction of sp³-hybridized carbons (Fsp3) is 0.0294. The van der Waals surface area contributed by atoms with E-state index >= 15 is 0 Å². The Morgan fingerprint density at radius 3 is 1.69 bits per heavy atom. The number of rotatable bonds is 10. The summed E-state index contributed by atoms with van der Waals surface area (Å²) < 4.78 is 9.52. The van der Waals surface area contributed by atoms with Gasteiger partial charge in [-0.05, 0) is 147 Å². The number of thiophene rings is 1. The standard InChI is InChI=1S/C68H48N2OS/c1-5-45-29-34-49(35-30-45)69(50-36-31-46(6-2)32-37-50)51-39-48(47-33-38-61-64(41-47)71-67-59-23-12-10-20-56(59)55-19-9-11-22-58(55)66(61)67)40-52(42-51)70(62-26-15-24-54(44(62)4)53-18-8-7-17-43(53)3)63-27-16-25-60-57-21-13-14-28-65(57)72-68(60)63/h5-42H,1-2H2,3-4H3. The van der Waals surface area contributed by atoms with Gasteiger partial charge in [0.2, 0.25) is 0 Å². The molecule has 0 aliphatic rings. The molecule has 0 saturated heterocycles. The number of hydrogen-bond donors (Lipinski definition) is 0. The van der Waals surface area contributed by atoms with Crippen LogP contribution in [0.2, 0.25) is 0 Å². The van der Waals surface area contributed by atoms with Gasteiger partial charge in [-0.2, -0.15) is 0 Å². The molecule has 11 aromatic carbocycles. The third kappa shape index (κ3) is 7.10. The van der Waals surface area contributed by atoms with Crippen LogP contribution in [0, 0.1) is 13.8 Å². The van der Waals surface area contributed by atoms with E-state index in [-0.39, 0.29) is 0 Å². The highest BCUT2D eigenvalue weighted by Gasteiger charge is 2.25. The van der Waals surface area contributed by atoms with E-state index in [1.165, 1.54) is 58.6 Å². The molecule has 13 aromatic rings. The van der Waals surface area contributed by atoms with Crippen molar-refractivity contribution in [2.24, 2.45) is 0 Å². The van der Waals surface area contributed by atoms with Gasteiger partial charge in [0.05, 0.1) is 10.4 Å². The molecule has 0 unspecified atom stereocenters. The Morgan fingerprint density at radius 2 is 0.986 bits per heavy atom. The number of benzene rings is 11. The van der Waals surface area contributed by atoms with Gasteiger partial charge in [-0.25, -0.2) is 0 Å². The second-order valence-electron chi connectivity index (χ2n) is 18.6. The molecule has 0 N–H and O–H groups in total.